The van der Waals surface area contributed by atoms with Gasteiger partial charge in [0, 0.05) is 10.0 Å². The van der Waals surface area contributed by atoms with Crippen molar-refractivity contribution in [3.05, 3.63) is 33.0 Å². The van der Waals surface area contributed by atoms with Crippen LogP contribution in [0.4, 0.5) is 4.39 Å². The van der Waals surface area contributed by atoms with E-state index in [9.17, 15) is 4.39 Å². The number of halogens is 3. The van der Waals surface area contributed by atoms with Crippen LogP contribution in [0, 0.1) is 5.82 Å². The monoisotopic (exact) mass is 323 g/mol. The van der Waals surface area contributed by atoms with E-state index in [4.69, 9.17) is 17.4 Å². The molecule has 0 fully saturated rings. The van der Waals surface area contributed by atoms with Gasteiger partial charge in [0.1, 0.15) is 5.82 Å². The van der Waals surface area contributed by atoms with Crippen molar-refractivity contribution in [1.82, 2.24) is 10.3 Å². The highest BCUT2D eigenvalue weighted by Gasteiger charge is 2.18. The Morgan fingerprint density at radius 2 is 2.18 bits per heavy atom. The van der Waals surface area contributed by atoms with E-state index in [0.29, 0.717) is 16.5 Å². The maximum atomic E-state index is 14.0. The second-order valence-electron chi connectivity index (χ2n) is 4.08. The van der Waals surface area contributed by atoms with E-state index >= 15 is 0 Å². The highest BCUT2D eigenvalue weighted by molar-refractivity contribution is 9.10. The molecule has 0 saturated heterocycles. The number of nitrogens with zero attached hydrogens (tertiary/aromatic N) is 1. The van der Waals surface area contributed by atoms with Gasteiger partial charge in [0.25, 0.3) is 0 Å². The van der Waals surface area contributed by atoms with Gasteiger partial charge in [-0.1, -0.05) is 17.7 Å². The lowest BCUT2D eigenvalue weighted by Gasteiger charge is -2.20. The molecule has 3 nitrogen and oxygen atoms in total. The van der Waals surface area contributed by atoms with Crippen LogP contribution in [0.5, 0.6) is 0 Å². The van der Waals surface area contributed by atoms with Crippen LogP contribution in [0.2, 0.25) is 5.02 Å². The van der Waals surface area contributed by atoms with Crippen molar-refractivity contribution < 1.29 is 4.39 Å². The van der Waals surface area contributed by atoms with Crippen molar-refractivity contribution >= 4 is 27.5 Å². The predicted molar refractivity (Wildman–Crippen MR) is 72.3 cm³/mol. The van der Waals surface area contributed by atoms with Gasteiger partial charge < -0.3 is 4.90 Å². The summed E-state index contributed by atoms with van der Waals surface area (Å²) in [6, 6.07) is 3.16. The number of nitrogens with one attached hydrogen (secondary N) is 1. The van der Waals surface area contributed by atoms with Crippen LogP contribution in [0.15, 0.2) is 16.6 Å². The molecule has 0 aliphatic carbocycles. The fourth-order valence-corrected chi connectivity index (χ4v) is 2.00. The Kier molecular flexibility index (Phi) is 5.82. The fraction of sp³-hybridized carbons (Fsp3) is 0.455. The summed E-state index contributed by atoms with van der Waals surface area (Å²) in [5.74, 6) is 5.03. The summed E-state index contributed by atoms with van der Waals surface area (Å²) in [6.07, 6.45) is 0.707. The summed E-state index contributed by atoms with van der Waals surface area (Å²) in [6.45, 7) is 0.808. The lowest BCUT2D eigenvalue weighted by molar-refractivity contribution is 0.358. The predicted octanol–water partition coefficient (Wildman–Crippen LogP) is 2.70. The standard InChI is InChI=1S/C11H16BrClFN3/c1-17(2)6-5-9(16-15)7-3-4-8(12)10(13)11(7)14/h3-4,9,16H,5-6,15H2,1-2H3. The first-order chi connectivity index (χ1) is 7.97. The molecule has 3 N–H and O–H groups in total. The van der Waals surface area contributed by atoms with Crippen molar-refractivity contribution in [3.63, 3.8) is 0 Å². The Hall–Kier alpha value is -0.200. The molecule has 0 saturated carbocycles. The number of hydrogen-bond acceptors (Lipinski definition) is 3. The Balaban J connectivity index is 2.92. The van der Waals surface area contributed by atoms with Crippen LogP contribution >= 0.6 is 27.5 Å². The van der Waals surface area contributed by atoms with Crippen LogP contribution in [-0.2, 0) is 0 Å². The molecule has 0 aromatic heterocycles. The van der Waals surface area contributed by atoms with Gasteiger partial charge >= 0.3 is 0 Å². The minimum atomic E-state index is -0.428. The maximum absolute atomic E-state index is 14.0. The molecule has 0 aliphatic heterocycles. The molecule has 6 heteroatoms. The van der Waals surface area contributed by atoms with Crippen molar-refractivity contribution in [1.29, 1.82) is 0 Å². The first-order valence-electron chi connectivity index (χ1n) is 5.21. The van der Waals surface area contributed by atoms with Crippen LogP contribution in [-0.4, -0.2) is 25.5 Å². The number of nitrogens with two attached hydrogens (primary N) is 1. The molecule has 1 atom stereocenters. The summed E-state index contributed by atoms with van der Waals surface area (Å²) < 4.78 is 14.5. The maximum Gasteiger partial charge on any atom is 0.147 e. The molecule has 1 unspecified atom stereocenters. The lowest BCUT2D eigenvalue weighted by atomic mass is 10.0. The summed E-state index contributed by atoms with van der Waals surface area (Å²) in [7, 11) is 3.91. The van der Waals surface area contributed by atoms with Crippen LogP contribution in [0.1, 0.15) is 18.0 Å². The highest BCUT2D eigenvalue weighted by atomic mass is 79.9. The Labute approximate surface area is 114 Å². The van der Waals surface area contributed by atoms with Gasteiger partial charge in [0.2, 0.25) is 0 Å². The van der Waals surface area contributed by atoms with Gasteiger partial charge in [-0.05, 0) is 49.1 Å². The smallest absolute Gasteiger partial charge is 0.147 e. The van der Waals surface area contributed by atoms with Crippen molar-refractivity contribution in [2.75, 3.05) is 20.6 Å². The zero-order chi connectivity index (χ0) is 13.0. The normalized spacial score (nSPS) is 13.1. The summed E-state index contributed by atoms with van der Waals surface area (Å²) in [4.78, 5) is 2.02. The zero-order valence-electron chi connectivity index (χ0n) is 9.80. The molecule has 0 aliphatic rings. The van der Waals surface area contributed by atoms with Crippen LogP contribution in [0.3, 0.4) is 0 Å². The van der Waals surface area contributed by atoms with E-state index in [0.717, 1.165) is 6.54 Å². The number of rotatable bonds is 5. The second-order valence-corrected chi connectivity index (χ2v) is 5.31. The average Bonchev–Trinajstić information content (AvgIpc) is 2.29. The van der Waals surface area contributed by atoms with Gasteiger partial charge in [0.15, 0.2) is 0 Å². The molecule has 0 spiro atoms. The van der Waals surface area contributed by atoms with Crippen LogP contribution < -0.4 is 11.3 Å². The van der Waals surface area contributed by atoms with Gasteiger partial charge in [-0.15, -0.1) is 0 Å². The molecular formula is C11H16BrClFN3. The summed E-state index contributed by atoms with van der Waals surface area (Å²) in [5.41, 5.74) is 3.11. The summed E-state index contributed by atoms with van der Waals surface area (Å²) in [5, 5.41) is 0.0904. The van der Waals surface area contributed by atoms with E-state index in [2.05, 4.69) is 21.4 Å². The van der Waals surface area contributed by atoms with E-state index in [1.807, 2.05) is 19.0 Å². The van der Waals surface area contributed by atoms with Crippen molar-refractivity contribution in [3.8, 4) is 0 Å². The molecule has 1 aromatic rings. The van der Waals surface area contributed by atoms with E-state index in [-0.39, 0.29) is 11.1 Å². The summed E-state index contributed by atoms with van der Waals surface area (Å²) >= 11 is 9.03. The molecule has 0 radical (unpaired) electrons. The average molecular weight is 325 g/mol. The van der Waals surface area contributed by atoms with Gasteiger partial charge in [0.05, 0.1) is 11.1 Å². The fourth-order valence-electron chi connectivity index (χ4n) is 1.53. The molecule has 96 valence electrons. The number of hydrazine groups is 1. The van der Waals surface area contributed by atoms with Crippen molar-refractivity contribution in [2.45, 2.75) is 12.5 Å². The van der Waals surface area contributed by atoms with Gasteiger partial charge in [-0.2, -0.15) is 0 Å². The SMILES string of the molecule is CN(C)CCC(NN)c1ccc(Br)c(Cl)c1F. The second kappa shape index (κ2) is 6.66. The zero-order valence-corrected chi connectivity index (χ0v) is 12.1. The van der Waals surface area contributed by atoms with E-state index in [1.54, 1.807) is 12.1 Å². The number of hydrogen-bond donors (Lipinski definition) is 2. The Bertz CT molecular complexity index is 387. The van der Waals surface area contributed by atoms with Crippen molar-refractivity contribution in [2.24, 2.45) is 5.84 Å². The Morgan fingerprint density at radius 3 is 2.71 bits per heavy atom. The molecule has 17 heavy (non-hydrogen) atoms. The first-order valence-corrected chi connectivity index (χ1v) is 6.38. The molecular weight excluding hydrogens is 308 g/mol. The highest BCUT2D eigenvalue weighted by Crippen LogP contribution is 2.31. The molecule has 1 aromatic carbocycles. The van der Waals surface area contributed by atoms with Crippen LogP contribution in [0.25, 0.3) is 0 Å². The number of benzene rings is 1. The molecule has 1 rings (SSSR count). The largest absolute Gasteiger partial charge is 0.309 e. The van der Waals surface area contributed by atoms with E-state index in [1.165, 1.54) is 0 Å². The topological polar surface area (TPSA) is 41.3 Å². The van der Waals surface area contributed by atoms with Gasteiger partial charge in [-0.3, -0.25) is 11.3 Å². The minimum Gasteiger partial charge on any atom is -0.309 e. The van der Waals surface area contributed by atoms with Gasteiger partial charge in [-0.25, -0.2) is 4.39 Å². The molecule has 0 heterocycles. The lowest BCUT2D eigenvalue weighted by Crippen LogP contribution is -2.31. The molecule has 0 amide bonds. The quantitative estimate of drug-likeness (QED) is 0.497. The third kappa shape index (κ3) is 3.89. The Morgan fingerprint density at radius 1 is 1.53 bits per heavy atom. The van der Waals surface area contributed by atoms with E-state index < -0.39 is 5.82 Å². The molecule has 0 bridgehead atoms. The minimum absolute atomic E-state index is 0.0904. The third-order valence-corrected chi connectivity index (χ3v) is 3.77. The third-order valence-electron chi connectivity index (χ3n) is 2.51. The first kappa shape index (κ1) is 14.9.